The molecule has 0 aliphatic heterocycles. The van der Waals surface area contributed by atoms with Gasteiger partial charge in [0.05, 0.1) is 10.2 Å². The number of hydrogen-bond donors (Lipinski definition) is 1. The van der Waals surface area contributed by atoms with Crippen LogP contribution in [-0.2, 0) is 6.54 Å². The standard InChI is InChI=1S/C9H12BrNO2/c1-2-3-4-11-6-7(9(12)13)5-8(11)10/h5-6H,2-4H2,1H3,(H,12,13). The molecule has 0 unspecified atom stereocenters. The molecule has 0 saturated carbocycles. The lowest BCUT2D eigenvalue weighted by atomic mass is 10.3. The second kappa shape index (κ2) is 4.46. The number of unbranched alkanes of at least 4 members (excludes halogenated alkanes) is 1. The molecule has 3 nitrogen and oxygen atoms in total. The van der Waals surface area contributed by atoms with E-state index in [-0.39, 0.29) is 0 Å². The highest BCUT2D eigenvalue weighted by atomic mass is 79.9. The van der Waals surface area contributed by atoms with Crippen LogP contribution in [0.5, 0.6) is 0 Å². The molecule has 1 heterocycles. The fraction of sp³-hybridized carbons (Fsp3) is 0.444. The van der Waals surface area contributed by atoms with Gasteiger partial charge in [-0.05, 0) is 28.4 Å². The number of aryl methyl sites for hydroxylation is 1. The van der Waals surface area contributed by atoms with Crippen LogP contribution in [0.25, 0.3) is 0 Å². The monoisotopic (exact) mass is 245 g/mol. The van der Waals surface area contributed by atoms with Gasteiger partial charge in [0.2, 0.25) is 0 Å². The van der Waals surface area contributed by atoms with E-state index in [2.05, 4.69) is 22.9 Å². The summed E-state index contributed by atoms with van der Waals surface area (Å²) in [6, 6.07) is 1.62. The maximum atomic E-state index is 10.6. The van der Waals surface area contributed by atoms with E-state index in [0.29, 0.717) is 5.56 Å². The number of rotatable bonds is 4. The first-order valence-corrected chi connectivity index (χ1v) is 5.03. The molecule has 1 N–H and O–H groups in total. The number of carbonyl (C=O) groups is 1. The summed E-state index contributed by atoms with van der Waals surface area (Å²) >= 11 is 3.32. The Morgan fingerprint density at radius 2 is 2.38 bits per heavy atom. The van der Waals surface area contributed by atoms with Gasteiger partial charge in [0, 0.05) is 12.7 Å². The lowest BCUT2D eigenvalue weighted by molar-refractivity contribution is 0.0697. The smallest absolute Gasteiger partial charge is 0.337 e. The van der Waals surface area contributed by atoms with E-state index in [0.717, 1.165) is 24.0 Å². The quantitative estimate of drug-likeness (QED) is 0.887. The van der Waals surface area contributed by atoms with Crippen LogP contribution >= 0.6 is 15.9 Å². The van der Waals surface area contributed by atoms with Crippen LogP contribution in [-0.4, -0.2) is 15.6 Å². The third kappa shape index (κ3) is 2.59. The van der Waals surface area contributed by atoms with Crippen molar-refractivity contribution in [1.29, 1.82) is 0 Å². The Labute approximate surface area is 85.5 Å². The summed E-state index contributed by atoms with van der Waals surface area (Å²) in [5.74, 6) is -0.879. The summed E-state index contributed by atoms with van der Waals surface area (Å²) in [5.41, 5.74) is 0.336. The highest BCUT2D eigenvalue weighted by Crippen LogP contribution is 2.16. The molecule has 4 heteroatoms. The minimum atomic E-state index is -0.879. The summed E-state index contributed by atoms with van der Waals surface area (Å²) in [4.78, 5) is 10.6. The maximum absolute atomic E-state index is 10.6. The van der Waals surface area contributed by atoms with Crippen LogP contribution in [0, 0.1) is 0 Å². The van der Waals surface area contributed by atoms with Gasteiger partial charge in [0.25, 0.3) is 0 Å². The first-order valence-electron chi connectivity index (χ1n) is 4.24. The summed E-state index contributed by atoms with van der Waals surface area (Å²) < 4.78 is 2.74. The van der Waals surface area contributed by atoms with Crippen molar-refractivity contribution >= 4 is 21.9 Å². The lowest BCUT2D eigenvalue weighted by Crippen LogP contribution is -1.97. The molecule has 1 rings (SSSR count). The fourth-order valence-corrected chi connectivity index (χ4v) is 1.62. The van der Waals surface area contributed by atoms with Crippen molar-refractivity contribution in [3.05, 3.63) is 22.4 Å². The zero-order valence-electron chi connectivity index (χ0n) is 7.46. The van der Waals surface area contributed by atoms with E-state index >= 15 is 0 Å². The number of hydrogen-bond acceptors (Lipinski definition) is 1. The largest absolute Gasteiger partial charge is 0.478 e. The first kappa shape index (κ1) is 10.3. The number of halogens is 1. The van der Waals surface area contributed by atoms with E-state index in [1.54, 1.807) is 12.3 Å². The second-order valence-corrected chi connectivity index (χ2v) is 3.72. The first-order chi connectivity index (χ1) is 6.15. The molecule has 1 aromatic rings. The molecular formula is C9H12BrNO2. The Morgan fingerprint density at radius 3 is 2.85 bits per heavy atom. The minimum absolute atomic E-state index is 0.336. The van der Waals surface area contributed by atoms with Crippen molar-refractivity contribution in [2.45, 2.75) is 26.3 Å². The predicted molar refractivity (Wildman–Crippen MR) is 54.0 cm³/mol. The summed E-state index contributed by atoms with van der Waals surface area (Å²) in [6.45, 7) is 2.97. The third-order valence-corrected chi connectivity index (χ3v) is 2.53. The van der Waals surface area contributed by atoms with Gasteiger partial charge in [0.1, 0.15) is 0 Å². The maximum Gasteiger partial charge on any atom is 0.337 e. The van der Waals surface area contributed by atoms with E-state index in [1.165, 1.54) is 0 Å². The van der Waals surface area contributed by atoms with Crippen LogP contribution in [0.2, 0.25) is 0 Å². The topological polar surface area (TPSA) is 42.2 Å². The zero-order chi connectivity index (χ0) is 9.84. The number of nitrogens with zero attached hydrogens (tertiary/aromatic N) is 1. The minimum Gasteiger partial charge on any atom is -0.478 e. The number of aromatic nitrogens is 1. The second-order valence-electron chi connectivity index (χ2n) is 2.90. The molecule has 0 fully saturated rings. The highest BCUT2D eigenvalue weighted by molar-refractivity contribution is 9.10. The summed E-state index contributed by atoms with van der Waals surface area (Å²) in [6.07, 6.45) is 3.82. The summed E-state index contributed by atoms with van der Waals surface area (Å²) in [5, 5.41) is 8.71. The molecule has 1 aromatic heterocycles. The van der Waals surface area contributed by atoms with E-state index in [1.807, 2.05) is 4.57 Å². The van der Waals surface area contributed by atoms with Crippen molar-refractivity contribution in [2.24, 2.45) is 0 Å². The van der Waals surface area contributed by atoms with Crippen LogP contribution in [0.1, 0.15) is 30.1 Å². The van der Waals surface area contributed by atoms with Gasteiger partial charge in [0.15, 0.2) is 0 Å². The van der Waals surface area contributed by atoms with Crippen molar-refractivity contribution in [2.75, 3.05) is 0 Å². The van der Waals surface area contributed by atoms with Gasteiger partial charge < -0.3 is 9.67 Å². The van der Waals surface area contributed by atoms with Crippen molar-refractivity contribution in [3.8, 4) is 0 Å². The molecule has 0 aliphatic carbocycles. The summed E-state index contributed by atoms with van der Waals surface area (Å²) in [7, 11) is 0. The predicted octanol–water partition coefficient (Wildman–Crippen LogP) is 2.75. The Bertz CT molecular complexity index is 307. The Kier molecular flexibility index (Phi) is 3.54. The molecule has 0 aromatic carbocycles. The third-order valence-electron chi connectivity index (χ3n) is 1.84. The average Bonchev–Trinajstić information content (AvgIpc) is 2.44. The Balaban J connectivity index is 2.77. The zero-order valence-corrected chi connectivity index (χ0v) is 9.04. The molecular weight excluding hydrogens is 234 g/mol. The molecule has 0 amide bonds. The number of carboxylic acids is 1. The van der Waals surface area contributed by atoms with E-state index < -0.39 is 5.97 Å². The van der Waals surface area contributed by atoms with E-state index in [9.17, 15) is 4.79 Å². The van der Waals surface area contributed by atoms with Crippen molar-refractivity contribution in [1.82, 2.24) is 4.57 Å². The van der Waals surface area contributed by atoms with Crippen LogP contribution in [0.4, 0.5) is 0 Å². The normalized spacial score (nSPS) is 10.3. The average molecular weight is 246 g/mol. The molecule has 0 atom stereocenters. The fourth-order valence-electron chi connectivity index (χ4n) is 1.09. The van der Waals surface area contributed by atoms with Crippen molar-refractivity contribution in [3.63, 3.8) is 0 Å². The van der Waals surface area contributed by atoms with Crippen LogP contribution in [0.15, 0.2) is 16.9 Å². The van der Waals surface area contributed by atoms with Gasteiger partial charge in [-0.25, -0.2) is 4.79 Å². The SMILES string of the molecule is CCCCn1cc(C(=O)O)cc1Br. The Morgan fingerprint density at radius 1 is 1.69 bits per heavy atom. The molecule has 0 bridgehead atoms. The van der Waals surface area contributed by atoms with Gasteiger partial charge in [-0.15, -0.1) is 0 Å². The number of aromatic carboxylic acids is 1. The molecule has 72 valence electrons. The molecule has 0 radical (unpaired) electrons. The van der Waals surface area contributed by atoms with Gasteiger partial charge >= 0.3 is 5.97 Å². The molecule has 0 aliphatic rings. The molecule has 0 saturated heterocycles. The van der Waals surface area contributed by atoms with Crippen LogP contribution < -0.4 is 0 Å². The van der Waals surface area contributed by atoms with Crippen LogP contribution in [0.3, 0.4) is 0 Å². The van der Waals surface area contributed by atoms with Gasteiger partial charge in [-0.2, -0.15) is 0 Å². The van der Waals surface area contributed by atoms with Gasteiger partial charge in [-0.1, -0.05) is 13.3 Å². The Hall–Kier alpha value is -0.770. The lowest BCUT2D eigenvalue weighted by Gasteiger charge is -2.01. The van der Waals surface area contributed by atoms with E-state index in [4.69, 9.17) is 5.11 Å². The number of carboxylic acid groups (broad SMARTS) is 1. The highest BCUT2D eigenvalue weighted by Gasteiger charge is 2.08. The van der Waals surface area contributed by atoms with Gasteiger partial charge in [-0.3, -0.25) is 0 Å². The molecule has 0 spiro atoms. The van der Waals surface area contributed by atoms with Crippen molar-refractivity contribution < 1.29 is 9.90 Å². The molecule has 13 heavy (non-hydrogen) atoms.